The molecule has 0 unspecified atom stereocenters. The van der Waals surface area contributed by atoms with E-state index in [1.807, 2.05) is 66.7 Å². The van der Waals surface area contributed by atoms with Crippen LogP contribution in [0.5, 0.6) is 5.75 Å². The van der Waals surface area contributed by atoms with Gasteiger partial charge < -0.3 is 9.84 Å². The Balaban J connectivity index is 2.01. The molecule has 100 valence electrons. The second kappa shape index (κ2) is 5.35. The molecule has 0 spiro atoms. The molecule has 0 heterocycles. The second-order valence-corrected chi connectivity index (χ2v) is 4.79. The lowest BCUT2D eigenvalue weighted by atomic mass is 9.98. The largest absolute Gasteiger partial charge is 0.497 e. The van der Waals surface area contributed by atoms with Crippen LogP contribution in [0.15, 0.2) is 66.7 Å². The first-order chi connectivity index (χ1) is 9.78. The lowest BCUT2D eigenvalue weighted by Gasteiger charge is -2.12. The van der Waals surface area contributed by atoms with E-state index in [4.69, 9.17) is 4.74 Å². The lowest BCUT2D eigenvalue weighted by Crippen LogP contribution is -1.99. The van der Waals surface area contributed by atoms with Crippen LogP contribution in [-0.2, 0) is 0 Å². The third kappa shape index (κ3) is 2.38. The maximum absolute atomic E-state index is 10.4. The van der Waals surface area contributed by atoms with E-state index in [0.717, 1.165) is 27.6 Å². The molecule has 0 aliphatic heterocycles. The molecule has 2 nitrogen and oxygen atoms in total. The highest BCUT2D eigenvalue weighted by atomic mass is 16.5. The van der Waals surface area contributed by atoms with Crippen molar-refractivity contribution >= 4 is 10.8 Å². The van der Waals surface area contributed by atoms with Crippen LogP contribution in [0.1, 0.15) is 17.2 Å². The Hall–Kier alpha value is -2.32. The van der Waals surface area contributed by atoms with Crippen molar-refractivity contribution in [3.8, 4) is 5.75 Å². The molecular weight excluding hydrogens is 248 g/mol. The summed E-state index contributed by atoms with van der Waals surface area (Å²) in [7, 11) is 1.66. The number of rotatable bonds is 3. The maximum atomic E-state index is 10.4. The molecule has 0 fully saturated rings. The third-order valence-corrected chi connectivity index (χ3v) is 3.50. The van der Waals surface area contributed by atoms with Gasteiger partial charge >= 0.3 is 0 Å². The number of hydrogen-bond donors (Lipinski definition) is 1. The molecule has 1 atom stereocenters. The van der Waals surface area contributed by atoms with E-state index in [9.17, 15) is 5.11 Å². The molecular formula is C18H16O2. The fourth-order valence-corrected chi connectivity index (χ4v) is 2.37. The Bertz CT molecular complexity index is 720. The SMILES string of the molecule is COc1ccc2cc([C@H](O)c3ccccc3)ccc2c1. The molecule has 1 N–H and O–H groups in total. The van der Waals surface area contributed by atoms with Gasteiger partial charge in [0.2, 0.25) is 0 Å². The van der Waals surface area contributed by atoms with Crippen LogP contribution in [0.4, 0.5) is 0 Å². The maximum Gasteiger partial charge on any atom is 0.119 e. The zero-order chi connectivity index (χ0) is 13.9. The predicted octanol–water partition coefficient (Wildman–Crippen LogP) is 3.93. The number of hydrogen-bond acceptors (Lipinski definition) is 2. The Morgan fingerprint density at radius 2 is 1.50 bits per heavy atom. The van der Waals surface area contributed by atoms with Gasteiger partial charge in [-0.25, -0.2) is 0 Å². The first-order valence-corrected chi connectivity index (χ1v) is 6.58. The Morgan fingerprint density at radius 1 is 0.800 bits per heavy atom. The number of aliphatic hydroxyl groups is 1. The van der Waals surface area contributed by atoms with Gasteiger partial charge in [0, 0.05) is 0 Å². The molecule has 0 radical (unpaired) electrons. The molecule has 0 aromatic heterocycles. The van der Waals surface area contributed by atoms with E-state index in [0.29, 0.717) is 0 Å². The van der Waals surface area contributed by atoms with Gasteiger partial charge in [-0.05, 0) is 40.1 Å². The first kappa shape index (κ1) is 12.7. The minimum absolute atomic E-state index is 0.595. The van der Waals surface area contributed by atoms with E-state index in [1.165, 1.54) is 0 Å². The fourth-order valence-electron chi connectivity index (χ4n) is 2.37. The molecule has 0 aliphatic rings. The highest BCUT2D eigenvalue weighted by Crippen LogP contribution is 2.27. The summed E-state index contributed by atoms with van der Waals surface area (Å²) in [5, 5.41) is 12.6. The predicted molar refractivity (Wildman–Crippen MR) is 81.0 cm³/mol. The lowest BCUT2D eigenvalue weighted by molar-refractivity contribution is 0.220. The van der Waals surface area contributed by atoms with Crippen molar-refractivity contribution in [3.05, 3.63) is 77.9 Å². The van der Waals surface area contributed by atoms with Crippen LogP contribution in [0, 0.1) is 0 Å². The Labute approximate surface area is 118 Å². The molecule has 2 heteroatoms. The van der Waals surface area contributed by atoms with Crippen molar-refractivity contribution in [2.45, 2.75) is 6.10 Å². The molecule has 3 aromatic carbocycles. The number of fused-ring (bicyclic) bond motifs is 1. The number of aliphatic hydroxyl groups excluding tert-OH is 1. The van der Waals surface area contributed by atoms with Gasteiger partial charge in [-0.2, -0.15) is 0 Å². The Kier molecular flexibility index (Phi) is 3.40. The molecule has 3 aromatic rings. The smallest absolute Gasteiger partial charge is 0.119 e. The Morgan fingerprint density at radius 3 is 2.25 bits per heavy atom. The van der Waals surface area contributed by atoms with Gasteiger partial charge in [0.15, 0.2) is 0 Å². The zero-order valence-electron chi connectivity index (χ0n) is 11.3. The summed E-state index contributed by atoms with van der Waals surface area (Å²) in [6.45, 7) is 0. The van der Waals surface area contributed by atoms with Crippen molar-refractivity contribution in [2.24, 2.45) is 0 Å². The average molecular weight is 264 g/mol. The minimum atomic E-state index is -0.595. The summed E-state index contributed by atoms with van der Waals surface area (Å²) in [5.74, 6) is 0.842. The molecule has 0 bridgehead atoms. The van der Waals surface area contributed by atoms with Crippen LogP contribution in [0.25, 0.3) is 10.8 Å². The standard InChI is InChI=1S/C18H16O2/c1-20-17-10-9-14-11-16(8-7-15(14)12-17)18(19)13-5-3-2-4-6-13/h2-12,18-19H,1H3/t18-/m1/s1. The zero-order valence-corrected chi connectivity index (χ0v) is 11.3. The van der Waals surface area contributed by atoms with Gasteiger partial charge in [-0.3, -0.25) is 0 Å². The van der Waals surface area contributed by atoms with Crippen LogP contribution in [0.2, 0.25) is 0 Å². The highest BCUT2D eigenvalue weighted by Gasteiger charge is 2.10. The van der Waals surface area contributed by atoms with Crippen molar-refractivity contribution in [3.63, 3.8) is 0 Å². The monoisotopic (exact) mass is 264 g/mol. The molecule has 0 saturated heterocycles. The van der Waals surface area contributed by atoms with Gasteiger partial charge in [-0.1, -0.05) is 48.5 Å². The van der Waals surface area contributed by atoms with Crippen LogP contribution >= 0.6 is 0 Å². The molecule has 0 amide bonds. The van der Waals surface area contributed by atoms with Crippen LogP contribution < -0.4 is 4.74 Å². The normalized spacial score (nSPS) is 12.3. The van der Waals surface area contributed by atoms with E-state index in [-0.39, 0.29) is 0 Å². The van der Waals surface area contributed by atoms with E-state index in [2.05, 4.69) is 0 Å². The number of ether oxygens (including phenoxy) is 1. The van der Waals surface area contributed by atoms with Crippen molar-refractivity contribution in [1.82, 2.24) is 0 Å². The molecule has 3 rings (SSSR count). The number of benzene rings is 3. The van der Waals surface area contributed by atoms with Gasteiger partial charge in [-0.15, -0.1) is 0 Å². The van der Waals surface area contributed by atoms with Crippen molar-refractivity contribution in [2.75, 3.05) is 7.11 Å². The van der Waals surface area contributed by atoms with Crippen LogP contribution in [0.3, 0.4) is 0 Å². The van der Waals surface area contributed by atoms with E-state index in [1.54, 1.807) is 7.11 Å². The molecule has 20 heavy (non-hydrogen) atoms. The summed E-state index contributed by atoms with van der Waals surface area (Å²) >= 11 is 0. The van der Waals surface area contributed by atoms with Gasteiger partial charge in [0.25, 0.3) is 0 Å². The van der Waals surface area contributed by atoms with E-state index < -0.39 is 6.10 Å². The van der Waals surface area contributed by atoms with Crippen molar-refractivity contribution in [1.29, 1.82) is 0 Å². The summed E-state index contributed by atoms with van der Waals surface area (Å²) in [5.41, 5.74) is 1.80. The third-order valence-electron chi connectivity index (χ3n) is 3.50. The first-order valence-electron chi connectivity index (χ1n) is 6.58. The van der Waals surface area contributed by atoms with Crippen LogP contribution in [-0.4, -0.2) is 12.2 Å². The second-order valence-electron chi connectivity index (χ2n) is 4.79. The fraction of sp³-hybridized carbons (Fsp3) is 0.111. The van der Waals surface area contributed by atoms with Gasteiger partial charge in [0.1, 0.15) is 11.9 Å². The summed E-state index contributed by atoms with van der Waals surface area (Å²) in [6, 6.07) is 21.6. The highest BCUT2D eigenvalue weighted by molar-refractivity contribution is 5.84. The van der Waals surface area contributed by atoms with E-state index >= 15 is 0 Å². The quantitative estimate of drug-likeness (QED) is 0.776. The molecule has 0 aliphatic carbocycles. The topological polar surface area (TPSA) is 29.5 Å². The minimum Gasteiger partial charge on any atom is -0.497 e. The summed E-state index contributed by atoms with van der Waals surface area (Å²) in [6.07, 6.45) is -0.595. The van der Waals surface area contributed by atoms with Crippen molar-refractivity contribution < 1.29 is 9.84 Å². The molecule has 0 saturated carbocycles. The summed E-state index contributed by atoms with van der Waals surface area (Å²) in [4.78, 5) is 0. The average Bonchev–Trinajstić information content (AvgIpc) is 2.54. The summed E-state index contributed by atoms with van der Waals surface area (Å²) < 4.78 is 5.22. The number of methoxy groups -OCH3 is 1. The van der Waals surface area contributed by atoms with Gasteiger partial charge in [0.05, 0.1) is 7.11 Å².